The van der Waals surface area contributed by atoms with E-state index in [9.17, 15) is 19.7 Å². The van der Waals surface area contributed by atoms with Gasteiger partial charge in [0, 0.05) is 6.07 Å². The molecule has 0 heterocycles. The zero-order valence-electron chi connectivity index (χ0n) is 7.95. The molecule has 0 fully saturated rings. The molecule has 0 aliphatic heterocycles. The van der Waals surface area contributed by atoms with Crippen LogP contribution in [0.25, 0.3) is 0 Å². The molecule has 0 radical (unpaired) electrons. The van der Waals surface area contributed by atoms with Crippen LogP contribution in [0.5, 0.6) is 5.75 Å². The second kappa shape index (κ2) is 4.87. The fraction of sp³-hybridized carbons (Fsp3) is 0.111. The van der Waals surface area contributed by atoms with Crippen LogP contribution in [0.4, 0.5) is 5.69 Å². The van der Waals surface area contributed by atoms with Gasteiger partial charge < -0.3 is 9.84 Å². The van der Waals surface area contributed by atoms with E-state index in [1.54, 1.807) is 0 Å². The maximum absolute atomic E-state index is 10.6. The van der Waals surface area contributed by atoms with E-state index in [0.717, 1.165) is 12.1 Å². The van der Waals surface area contributed by atoms with Gasteiger partial charge in [-0.3, -0.25) is 14.9 Å². The van der Waals surface area contributed by atoms with Crippen molar-refractivity contribution in [3.63, 3.8) is 0 Å². The predicted molar refractivity (Wildman–Crippen MR) is 51.6 cm³/mol. The molecule has 7 nitrogen and oxygen atoms in total. The number of carbonyl (C=O) groups is 2. The van der Waals surface area contributed by atoms with E-state index in [-0.39, 0.29) is 17.0 Å². The lowest BCUT2D eigenvalue weighted by Crippen LogP contribution is -2.10. The van der Waals surface area contributed by atoms with Crippen molar-refractivity contribution in [2.45, 2.75) is 0 Å². The van der Waals surface area contributed by atoms with Crippen LogP contribution in [0.15, 0.2) is 18.2 Å². The fourth-order valence-corrected chi connectivity index (χ4v) is 0.998. The third-order valence-corrected chi connectivity index (χ3v) is 1.69. The monoisotopic (exact) mass is 225 g/mol. The molecule has 0 saturated carbocycles. The molecule has 1 N–H and O–H groups in total. The van der Waals surface area contributed by atoms with Gasteiger partial charge in [0.2, 0.25) is 0 Å². The van der Waals surface area contributed by atoms with Gasteiger partial charge in [-0.25, -0.2) is 4.79 Å². The smallest absolute Gasteiger partial charge is 0.341 e. The molecule has 0 spiro atoms. The Hall–Kier alpha value is -2.44. The molecule has 0 aromatic heterocycles. The summed E-state index contributed by atoms with van der Waals surface area (Å²) in [5.74, 6) is -1.35. The summed E-state index contributed by atoms with van der Waals surface area (Å²) >= 11 is 0. The number of aliphatic carboxylic acids is 1. The molecule has 0 atom stereocenters. The van der Waals surface area contributed by atoms with Crippen LogP contribution in [0.2, 0.25) is 0 Å². The van der Waals surface area contributed by atoms with E-state index >= 15 is 0 Å². The third kappa shape index (κ3) is 2.77. The molecule has 84 valence electrons. The Morgan fingerprint density at radius 3 is 2.75 bits per heavy atom. The number of rotatable bonds is 5. The highest BCUT2D eigenvalue weighted by atomic mass is 16.6. The van der Waals surface area contributed by atoms with Gasteiger partial charge in [-0.05, 0) is 6.07 Å². The van der Waals surface area contributed by atoms with Gasteiger partial charge in [0.25, 0.3) is 5.69 Å². The Bertz CT molecular complexity index is 442. The first-order valence-electron chi connectivity index (χ1n) is 4.13. The Kier molecular flexibility index (Phi) is 3.54. The van der Waals surface area contributed by atoms with Gasteiger partial charge in [0.15, 0.2) is 12.9 Å². The zero-order valence-corrected chi connectivity index (χ0v) is 7.95. The van der Waals surface area contributed by atoms with E-state index < -0.39 is 17.5 Å². The number of non-ortho nitro benzene ring substituents is 1. The molecule has 0 saturated heterocycles. The van der Waals surface area contributed by atoms with Crippen LogP contribution in [-0.4, -0.2) is 28.9 Å². The van der Waals surface area contributed by atoms with E-state index in [2.05, 4.69) is 0 Å². The van der Waals surface area contributed by atoms with Gasteiger partial charge in [-0.15, -0.1) is 0 Å². The SMILES string of the molecule is O=Cc1ccc([N+](=O)[O-])cc1OCC(=O)O. The number of nitro benzene ring substituents is 1. The number of benzene rings is 1. The first kappa shape index (κ1) is 11.6. The summed E-state index contributed by atoms with van der Waals surface area (Å²) < 4.78 is 4.75. The van der Waals surface area contributed by atoms with Crippen molar-refractivity contribution < 1.29 is 24.4 Å². The Morgan fingerprint density at radius 2 is 2.25 bits per heavy atom. The van der Waals surface area contributed by atoms with Crippen molar-refractivity contribution >= 4 is 17.9 Å². The second-order valence-corrected chi connectivity index (χ2v) is 2.78. The lowest BCUT2D eigenvalue weighted by Gasteiger charge is -2.05. The third-order valence-electron chi connectivity index (χ3n) is 1.69. The van der Waals surface area contributed by atoms with Crippen molar-refractivity contribution in [1.29, 1.82) is 0 Å². The van der Waals surface area contributed by atoms with Gasteiger partial charge in [0.05, 0.1) is 16.6 Å². The molecule has 0 amide bonds. The van der Waals surface area contributed by atoms with Crippen molar-refractivity contribution in [3.8, 4) is 5.75 Å². The van der Waals surface area contributed by atoms with E-state index in [4.69, 9.17) is 9.84 Å². The van der Waals surface area contributed by atoms with Crippen molar-refractivity contribution in [2.75, 3.05) is 6.61 Å². The Labute approximate surface area is 89.4 Å². The lowest BCUT2D eigenvalue weighted by molar-refractivity contribution is -0.384. The highest BCUT2D eigenvalue weighted by Crippen LogP contribution is 2.23. The predicted octanol–water partition coefficient (Wildman–Crippen LogP) is 0.871. The van der Waals surface area contributed by atoms with Crippen LogP contribution in [0.1, 0.15) is 10.4 Å². The average Bonchev–Trinajstić information content (AvgIpc) is 2.25. The number of aldehydes is 1. The number of nitro groups is 1. The molecule has 16 heavy (non-hydrogen) atoms. The van der Waals surface area contributed by atoms with Gasteiger partial charge in [0.1, 0.15) is 5.75 Å². The molecule has 1 aromatic carbocycles. The summed E-state index contributed by atoms with van der Waals surface area (Å²) in [6, 6.07) is 3.34. The molecule has 0 unspecified atom stereocenters. The van der Waals surface area contributed by atoms with Crippen molar-refractivity contribution in [2.24, 2.45) is 0 Å². The Balaban J connectivity index is 3.01. The van der Waals surface area contributed by atoms with E-state index in [0.29, 0.717) is 6.29 Å². The number of carbonyl (C=O) groups excluding carboxylic acids is 1. The number of nitrogens with zero attached hydrogens (tertiary/aromatic N) is 1. The number of carboxylic acids is 1. The average molecular weight is 225 g/mol. The van der Waals surface area contributed by atoms with E-state index in [1.165, 1.54) is 6.07 Å². The maximum Gasteiger partial charge on any atom is 0.341 e. The normalized spacial score (nSPS) is 9.50. The quantitative estimate of drug-likeness (QED) is 0.452. The summed E-state index contributed by atoms with van der Waals surface area (Å²) in [5, 5.41) is 18.8. The van der Waals surface area contributed by atoms with Crippen LogP contribution < -0.4 is 4.74 Å². The molecular weight excluding hydrogens is 218 g/mol. The Morgan fingerprint density at radius 1 is 1.56 bits per heavy atom. The lowest BCUT2D eigenvalue weighted by atomic mass is 10.2. The second-order valence-electron chi connectivity index (χ2n) is 2.78. The van der Waals surface area contributed by atoms with E-state index in [1.807, 2.05) is 0 Å². The molecule has 1 rings (SSSR count). The van der Waals surface area contributed by atoms with Crippen molar-refractivity contribution in [1.82, 2.24) is 0 Å². The molecular formula is C9H7NO6. The fourth-order valence-electron chi connectivity index (χ4n) is 0.998. The van der Waals surface area contributed by atoms with Crippen molar-refractivity contribution in [3.05, 3.63) is 33.9 Å². The molecule has 1 aromatic rings. The zero-order chi connectivity index (χ0) is 12.1. The number of hydrogen-bond acceptors (Lipinski definition) is 5. The van der Waals surface area contributed by atoms with Crippen LogP contribution in [0.3, 0.4) is 0 Å². The minimum Gasteiger partial charge on any atom is -0.481 e. The maximum atomic E-state index is 10.6. The standard InChI is InChI=1S/C9H7NO6/c11-4-6-1-2-7(10(14)15)3-8(6)16-5-9(12)13/h1-4H,5H2,(H,12,13). The number of carboxylic acid groups (broad SMARTS) is 1. The highest BCUT2D eigenvalue weighted by molar-refractivity contribution is 5.80. The van der Waals surface area contributed by atoms with Crippen LogP contribution in [0, 0.1) is 10.1 Å². The minimum absolute atomic E-state index is 0.0619. The van der Waals surface area contributed by atoms with Crippen LogP contribution >= 0.6 is 0 Å². The highest BCUT2D eigenvalue weighted by Gasteiger charge is 2.12. The first-order valence-corrected chi connectivity index (χ1v) is 4.13. The minimum atomic E-state index is -1.23. The molecule has 0 aliphatic rings. The summed E-state index contributed by atoms with van der Waals surface area (Å²) in [4.78, 5) is 30.6. The molecule has 7 heteroatoms. The summed E-state index contributed by atoms with van der Waals surface area (Å²) in [5.41, 5.74) is -0.210. The first-order chi connectivity index (χ1) is 7.54. The molecule has 0 aliphatic carbocycles. The summed E-state index contributed by atoms with van der Waals surface area (Å²) in [6.45, 7) is -0.665. The topological polar surface area (TPSA) is 107 Å². The van der Waals surface area contributed by atoms with Gasteiger partial charge in [-0.2, -0.15) is 0 Å². The largest absolute Gasteiger partial charge is 0.481 e. The summed E-state index contributed by atoms with van der Waals surface area (Å²) in [6.07, 6.45) is 0.431. The summed E-state index contributed by atoms with van der Waals surface area (Å²) in [7, 11) is 0. The van der Waals surface area contributed by atoms with Gasteiger partial charge >= 0.3 is 5.97 Å². The number of ether oxygens (including phenoxy) is 1. The molecule has 0 bridgehead atoms. The van der Waals surface area contributed by atoms with Gasteiger partial charge in [-0.1, -0.05) is 0 Å². The number of hydrogen-bond donors (Lipinski definition) is 1. The van der Waals surface area contributed by atoms with Crippen LogP contribution in [-0.2, 0) is 4.79 Å².